The lowest BCUT2D eigenvalue weighted by Crippen LogP contribution is -2.15. The minimum Gasteiger partial charge on any atom is -0.772 e. The number of rotatable bonds is 2. The highest BCUT2D eigenvalue weighted by Crippen LogP contribution is 2.25. The Hall–Kier alpha value is -0.480. The van der Waals surface area contributed by atoms with Gasteiger partial charge in [-0.2, -0.15) is 3.95 Å². The predicted octanol–water partition coefficient (Wildman–Crippen LogP) is 2.61. The maximum atomic E-state index is 11.3. The summed E-state index contributed by atoms with van der Waals surface area (Å²) in [4.78, 5) is 3.96. The molecule has 2 unspecified atom stereocenters. The highest BCUT2D eigenvalue weighted by atomic mass is 79.9. The van der Waals surface area contributed by atoms with Crippen molar-refractivity contribution in [2.75, 3.05) is 6.26 Å². The first-order valence-corrected chi connectivity index (χ1v) is 6.99. The Morgan fingerprint density at radius 2 is 2.38 bits per heavy atom. The summed E-state index contributed by atoms with van der Waals surface area (Å²) in [5.41, 5.74) is 0.771. The fourth-order valence-electron chi connectivity index (χ4n) is 1.17. The molecule has 0 aliphatic carbocycles. The predicted molar refractivity (Wildman–Crippen MR) is 65.3 cm³/mol. The van der Waals surface area contributed by atoms with Crippen LogP contribution in [0.2, 0.25) is 5.15 Å². The van der Waals surface area contributed by atoms with Gasteiger partial charge in [0.05, 0.1) is 4.47 Å². The normalized spacial score (nSPS) is 15.1. The first kappa shape index (κ1) is 13.6. The van der Waals surface area contributed by atoms with Crippen LogP contribution in [0.15, 0.2) is 16.7 Å². The molecule has 0 aliphatic rings. The van der Waals surface area contributed by atoms with Gasteiger partial charge in [0.15, 0.2) is 5.26 Å². The zero-order valence-electron chi connectivity index (χ0n) is 8.65. The van der Waals surface area contributed by atoms with E-state index in [1.165, 1.54) is 10.2 Å². The molecule has 0 fully saturated rings. The molecule has 0 spiro atoms. The lowest BCUT2D eigenvalue weighted by Gasteiger charge is -2.14. The molecular weight excluding hydrogens is 314 g/mol. The minimum atomic E-state index is -1.35. The lowest BCUT2D eigenvalue weighted by atomic mass is 10.1. The summed E-state index contributed by atoms with van der Waals surface area (Å²) in [6.07, 6.45) is 4.91. The third kappa shape index (κ3) is 3.01. The van der Waals surface area contributed by atoms with Crippen molar-refractivity contribution in [3.05, 3.63) is 27.5 Å². The Balaban J connectivity index is 3.16. The molecule has 0 aliphatic heterocycles. The number of hydrogen-bond donors (Lipinski definition) is 0. The van der Waals surface area contributed by atoms with E-state index in [9.17, 15) is 4.55 Å². The van der Waals surface area contributed by atoms with Crippen LogP contribution in [0.25, 0.3) is 0 Å². The zero-order valence-corrected chi connectivity index (χ0v) is 11.8. The van der Waals surface area contributed by atoms with E-state index in [-0.39, 0.29) is 6.04 Å². The van der Waals surface area contributed by atoms with Crippen LogP contribution in [-0.4, -0.2) is 19.7 Å². The number of aromatic nitrogens is 1. The van der Waals surface area contributed by atoms with Crippen LogP contribution in [-0.2, 0) is 11.0 Å². The van der Waals surface area contributed by atoms with Crippen molar-refractivity contribution < 1.29 is 8.50 Å². The molecule has 0 radical (unpaired) electrons. The Kier molecular flexibility index (Phi) is 4.87. The average Bonchev–Trinajstić information content (AvgIpc) is 2.22. The van der Waals surface area contributed by atoms with Crippen molar-refractivity contribution in [1.29, 1.82) is 5.26 Å². The van der Waals surface area contributed by atoms with Crippen LogP contribution in [0, 0.1) is 11.5 Å². The van der Waals surface area contributed by atoms with Crippen LogP contribution in [0.5, 0.6) is 0 Å². The molecule has 0 amide bonds. The maximum absolute atomic E-state index is 11.3. The fourth-order valence-corrected chi connectivity index (χ4v) is 2.32. The van der Waals surface area contributed by atoms with Crippen LogP contribution in [0.4, 0.5) is 0 Å². The van der Waals surface area contributed by atoms with Gasteiger partial charge < -0.3 is 4.55 Å². The van der Waals surface area contributed by atoms with Gasteiger partial charge in [0.1, 0.15) is 11.2 Å². The van der Waals surface area contributed by atoms with Crippen molar-refractivity contribution in [3.63, 3.8) is 0 Å². The second kappa shape index (κ2) is 5.73. The number of pyridine rings is 1. The van der Waals surface area contributed by atoms with E-state index in [1.54, 1.807) is 19.2 Å². The van der Waals surface area contributed by atoms with Gasteiger partial charge in [-0.25, -0.2) is 4.98 Å². The largest absolute Gasteiger partial charge is 0.772 e. The molecule has 1 aromatic heterocycles. The number of nitrogens with zero attached hydrogens (tertiary/aromatic N) is 3. The quantitative estimate of drug-likeness (QED) is 0.364. The van der Waals surface area contributed by atoms with Gasteiger partial charge in [-0.15, -0.1) is 11.0 Å². The summed E-state index contributed by atoms with van der Waals surface area (Å²) in [6.45, 7) is 1.78. The molecular formula is C9H9BrClN3OS. The zero-order chi connectivity index (χ0) is 12.3. The SMILES string of the molecule is CC(c1cnc(Cl)c(Br)c1)[N+](C#N)=S(C)[O-]. The van der Waals surface area contributed by atoms with Gasteiger partial charge in [0.25, 0.3) is 0 Å². The summed E-state index contributed by atoms with van der Waals surface area (Å²) in [6, 6.07) is 1.45. The van der Waals surface area contributed by atoms with E-state index in [2.05, 4.69) is 20.9 Å². The van der Waals surface area contributed by atoms with Crippen LogP contribution in [0.1, 0.15) is 18.5 Å². The first-order valence-electron chi connectivity index (χ1n) is 4.30. The molecule has 0 N–H and O–H groups in total. The fraction of sp³-hybridized carbons (Fsp3) is 0.333. The Morgan fingerprint density at radius 1 is 1.75 bits per heavy atom. The molecule has 0 bridgehead atoms. The van der Waals surface area contributed by atoms with Crippen molar-refractivity contribution in [2.45, 2.75) is 13.0 Å². The molecule has 86 valence electrons. The van der Waals surface area contributed by atoms with Gasteiger partial charge in [0, 0.05) is 11.8 Å². The molecule has 0 aromatic carbocycles. The number of nitriles is 1. The highest BCUT2D eigenvalue weighted by Gasteiger charge is 2.16. The Morgan fingerprint density at radius 3 is 2.81 bits per heavy atom. The standard InChI is InChI=1S/C9H9BrClN3OS/c1-6(14(5-12)16(2)15)7-3-8(10)9(11)13-4-7/h3-4,6H,1-2H3. The van der Waals surface area contributed by atoms with Gasteiger partial charge in [0.2, 0.25) is 0 Å². The van der Waals surface area contributed by atoms with E-state index in [0.29, 0.717) is 9.63 Å². The minimum absolute atomic E-state index is 0.308. The monoisotopic (exact) mass is 321 g/mol. The van der Waals surface area contributed by atoms with Crippen LogP contribution < -0.4 is 0 Å². The van der Waals surface area contributed by atoms with Gasteiger partial charge in [-0.3, -0.25) is 0 Å². The van der Waals surface area contributed by atoms with Crippen molar-refractivity contribution in [1.82, 2.24) is 4.98 Å². The smallest absolute Gasteiger partial charge is 0.465 e. The third-order valence-electron chi connectivity index (χ3n) is 2.03. The van der Waals surface area contributed by atoms with Gasteiger partial charge in [-0.1, -0.05) is 11.6 Å². The number of halogens is 2. The van der Waals surface area contributed by atoms with Crippen LogP contribution in [0.3, 0.4) is 0 Å². The van der Waals surface area contributed by atoms with Crippen molar-refractivity contribution in [3.8, 4) is 6.19 Å². The summed E-state index contributed by atoms with van der Waals surface area (Å²) < 4.78 is 13.1. The third-order valence-corrected chi connectivity index (χ3v) is 4.11. The first-order chi connectivity index (χ1) is 7.47. The van der Waals surface area contributed by atoms with E-state index in [4.69, 9.17) is 16.9 Å². The molecule has 1 rings (SSSR count). The molecule has 4 nitrogen and oxygen atoms in total. The molecule has 2 atom stereocenters. The molecule has 7 heteroatoms. The molecule has 0 saturated carbocycles. The van der Waals surface area contributed by atoms with Gasteiger partial charge in [-0.05, 0) is 35.2 Å². The molecule has 0 saturated heterocycles. The van der Waals surface area contributed by atoms with Crippen LogP contribution >= 0.6 is 27.5 Å². The second-order valence-electron chi connectivity index (χ2n) is 3.07. The summed E-state index contributed by atoms with van der Waals surface area (Å²) in [7, 11) is -1.35. The average molecular weight is 323 g/mol. The second-order valence-corrected chi connectivity index (χ2v) is 5.52. The Bertz CT molecular complexity index is 482. The maximum Gasteiger partial charge on any atom is 0.465 e. The summed E-state index contributed by atoms with van der Waals surface area (Å²) >= 11 is 9.02. The number of hydrogen-bond acceptors (Lipinski definition) is 3. The molecule has 1 aromatic rings. The van der Waals surface area contributed by atoms with Crippen molar-refractivity contribution in [2.24, 2.45) is 0 Å². The van der Waals surface area contributed by atoms with E-state index in [1.807, 2.05) is 6.19 Å². The van der Waals surface area contributed by atoms with Crippen molar-refractivity contribution >= 4 is 38.5 Å². The van der Waals surface area contributed by atoms with E-state index in [0.717, 1.165) is 5.56 Å². The highest BCUT2D eigenvalue weighted by molar-refractivity contribution is 9.10. The Labute approximate surface area is 110 Å². The topological polar surface area (TPSA) is 62.8 Å². The van der Waals surface area contributed by atoms with E-state index < -0.39 is 11.0 Å². The van der Waals surface area contributed by atoms with E-state index >= 15 is 0 Å². The van der Waals surface area contributed by atoms with Gasteiger partial charge >= 0.3 is 6.19 Å². The lowest BCUT2D eigenvalue weighted by molar-refractivity contribution is -0.463. The molecule has 16 heavy (non-hydrogen) atoms. The molecule has 1 heterocycles. The summed E-state index contributed by atoms with van der Waals surface area (Å²) in [5.74, 6) is 0. The summed E-state index contributed by atoms with van der Waals surface area (Å²) in [5, 5.41) is 9.24.